The summed E-state index contributed by atoms with van der Waals surface area (Å²) in [5.41, 5.74) is 6.32. The van der Waals surface area contributed by atoms with E-state index >= 15 is 0 Å². The summed E-state index contributed by atoms with van der Waals surface area (Å²) in [6.07, 6.45) is 12.2. The van der Waals surface area contributed by atoms with Crippen LogP contribution in [0.3, 0.4) is 0 Å². The van der Waals surface area contributed by atoms with Gasteiger partial charge in [0.2, 0.25) is 0 Å². The Bertz CT molecular complexity index is 857. The number of hydrogen-bond acceptors (Lipinski definition) is 0. The normalized spacial score (nSPS) is 12.9. The zero-order valence-electron chi connectivity index (χ0n) is 26.3. The van der Waals surface area contributed by atoms with Gasteiger partial charge >= 0.3 is 0 Å². The molecule has 0 nitrogen and oxygen atoms in total. The number of benzene rings is 2. The van der Waals surface area contributed by atoms with E-state index in [0.29, 0.717) is 0 Å². The van der Waals surface area contributed by atoms with E-state index in [-0.39, 0.29) is 5.41 Å². The summed E-state index contributed by atoms with van der Waals surface area (Å²) < 4.78 is 0. The minimum absolute atomic E-state index is 0.103. The molecule has 208 valence electrons. The van der Waals surface area contributed by atoms with Gasteiger partial charge in [0.25, 0.3) is 0 Å². The van der Waals surface area contributed by atoms with Crippen molar-refractivity contribution in [2.75, 3.05) is 0 Å². The maximum atomic E-state index is 4.09. The Balaban J connectivity index is 0. The summed E-state index contributed by atoms with van der Waals surface area (Å²) in [5.74, 6) is 1.72. The molecule has 1 atom stereocenters. The van der Waals surface area contributed by atoms with Crippen LogP contribution in [0.15, 0.2) is 79.9 Å². The van der Waals surface area contributed by atoms with Gasteiger partial charge in [0.15, 0.2) is 0 Å². The highest BCUT2D eigenvalue weighted by Gasteiger charge is 2.40. The van der Waals surface area contributed by atoms with Gasteiger partial charge in [-0.3, -0.25) is 0 Å². The fourth-order valence-electron chi connectivity index (χ4n) is 4.21. The van der Waals surface area contributed by atoms with Gasteiger partial charge in [-0.25, -0.2) is 0 Å². The second-order valence-corrected chi connectivity index (χ2v) is 10.1. The van der Waals surface area contributed by atoms with Crippen LogP contribution in [0.2, 0.25) is 0 Å². The first-order chi connectivity index (χ1) is 17.7. The Kier molecular flexibility index (Phi) is 21.6. The van der Waals surface area contributed by atoms with Crippen molar-refractivity contribution in [3.8, 4) is 11.1 Å². The highest BCUT2D eigenvalue weighted by molar-refractivity contribution is 5.68. The second-order valence-electron chi connectivity index (χ2n) is 10.1. The Labute approximate surface area is 233 Å². The molecule has 3 rings (SSSR count). The molecule has 1 aliphatic rings. The van der Waals surface area contributed by atoms with Crippen molar-refractivity contribution in [1.29, 1.82) is 0 Å². The minimum Gasteiger partial charge on any atom is -0.102 e. The van der Waals surface area contributed by atoms with Gasteiger partial charge < -0.3 is 0 Å². The van der Waals surface area contributed by atoms with E-state index in [1.807, 2.05) is 47.6 Å². The molecule has 2 aromatic rings. The maximum absolute atomic E-state index is 4.09. The van der Waals surface area contributed by atoms with E-state index in [9.17, 15) is 0 Å². The second kappa shape index (κ2) is 21.7. The molecular formula is C37H60. The monoisotopic (exact) mass is 504 g/mol. The smallest absolute Gasteiger partial charge is 0.0129 e. The summed E-state index contributed by atoms with van der Waals surface area (Å²) in [6, 6.07) is 17.4. The molecule has 1 fully saturated rings. The fourth-order valence-corrected chi connectivity index (χ4v) is 4.21. The standard InChI is InChI=1S/C21H22.C8H18.C4H8.2C2H6/c1-4-16-8-6-9-17(14-16)18-10-7-11-20(15-18)21(3,5-2)19-12-13-19;1-4-6-8(3)7-5-2;1-4(2)3;2*1-2/h4-11,14-15,19H,1-2,12-13H2,3H3;8H,4-7H2,1-3H3;1H2,2-3H3;2*1-2H3. The van der Waals surface area contributed by atoms with E-state index in [1.165, 1.54) is 60.8 Å². The predicted octanol–water partition coefficient (Wildman–Crippen LogP) is 12.7. The molecule has 0 radical (unpaired) electrons. The molecule has 0 aliphatic heterocycles. The van der Waals surface area contributed by atoms with Gasteiger partial charge in [-0.05, 0) is 66.8 Å². The molecule has 1 saturated carbocycles. The molecular weight excluding hydrogens is 444 g/mol. The first kappa shape index (κ1) is 36.8. The van der Waals surface area contributed by atoms with Gasteiger partial charge in [-0.2, -0.15) is 0 Å². The summed E-state index contributed by atoms with van der Waals surface area (Å²) in [4.78, 5) is 0. The van der Waals surface area contributed by atoms with Gasteiger partial charge in [-0.15, -0.1) is 13.2 Å². The lowest BCUT2D eigenvalue weighted by atomic mass is 9.77. The molecule has 1 aliphatic carbocycles. The lowest BCUT2D eigenvalue weighted by molar-refractivity contribution is 0.480. The molecule has 0 heteroatoms. The summed E-state index contributed by atoms with van der Waals surface area (Å²) in [7, 11) is 0. The van der Waals surface area contributed by atoms with Crippen molar-refractivity contribution in [1.82, 2.24) is 0 Å². The Morgan fingerprint density at radius 3 is 1.76 bits per heavy atom. The van der Waals surface area contributed by atoms with Gasteiger partial charge in [-0.1, -0.05) is 148 Å². The SMILES string of the molecule is C=C(C)C.C=Cc1cccc(-c2cccc(C(C)(C=C)C3CC3)c2)c1.CC.CC.CCCC(C)CCC. The molecule has 0 amide bonds. The van der Waals surface area contributed by atoms with E-state index in [4.69, 9.17) is 0 Å². The Morgan fingerprint density at radius 2 is 1.35 bits per heavy atom. The lowest BCUT2D eigenvalue weighted by Crippen LogP contribution is -2.21. The predicted molar refractivity (Wildman–Crippen MR) is 174 cm³/mol. The van der Waals surface area contributed by atoms with Crippen LogP contribution >= 0.6 is 0 Å². The van der Waals surface area contributed by atoms with Crippen molar-refractivity contribution in [2.45, 2.75) is 113 Å². The van der Waals surface area contributed by atoms with E-state index in [2.05, 4.69) is 102 Å². The average Bonchev–Trinajstić information content (AvgIpc) is 3.77. The van der Waals surface area contributed by atoms with Crippen LogP contribution in [-0.2, 0) is 5.41 Å². The van der Waals surface area contributed by atoms with Gasteiger partial charge in [0, 0.05) is 5.41 Å². The van der Waals surface area contributed by atoms with Crippen molar-refractivity contribution in [2.24, 2.45) is 11.8 Å². The molecule has 0 aromatic heterocycles. The van der Waals surface area contributed by atoms with Crippen molar-refractivity contribution in [3.63, 3.8) is 0 Å². The third kappa shape index (κ3) is 14.9. The maximum Gasteiger partial charge on any atom is 0.0129 e. The highest BCUT2D eigenvalue weighted by atomic mass is 14.4. The topological polar surface area (TPSA) is 0 Å². The van der Waals surface area contributed by atoms with Crippen molar-refractivity contribution < 1.29 is 0 Å². The molecule has 0 saturated heterocycles. The summed E-state index contributed by atoms with van der Waals surface area (Å²) >= 11 is 0. The quantitative estimate of drug-likeness (QED) is 0.298. The fraction of sp³-hybridized carbons (Fsp3) is 0.514. The third-order valence-corrected chi connectivity index (χ3v) is 6.35. The van der Waals surface area contributed by atoms with Crippen LogP contribution in [0.5, 0.6) is 0 Å². The number of allylic oxidation sites excluding steroid dienone is 2. The van der Waals surface area contributed by atoms with Gasteiger partial charge in [0.1, 0.15) is 0 Å². The third-order valence-electron chi connectivity index (χ3n) is 6.35. The van der Waals surface area contributed by atoms with E-state index < -0.39 is 0 Å². The van der Waals surface area contributed by atoms with Crippen LogP contribution in [0.4, 0.5) is 0 Å². The molecule has 0 spiro atoms. The van der Waals surface area contributed by atoms with E-state index in [1.54, 1.807) is 0 Å². The summed E-state index contributed by atoms with van der Waals surface area (Å²) in [5, 5.41) is 0. The van der Waals surface area contributed by atoms with E-state index in [0.717, 1.165) is 17.4 Å². The van der Waals surface area contributed by atoms with Crippen molar-refractivity contribution in [3.05, 3.63) is 91.0 Å². The van der Waals surface area contributed by atoms with Crippen LogP contribution in [0, 0.1) is 11.8 Å². The van der Waals surface area contributed by atoms with Crippen LogP contribution < -0.4 is 0 Å². The van der Waals surface area contributed by atoms with Crippen LogP contribution in [0.1, 0.15) is 119 Å². The first-order valence-electron chi connectivity index (χ1n) is 14.8. The Hall–Kier alpha value is -2.34. The minimum atomic E-state index is 0.103. The zero-order chi connectivity index (χ0) is 28.9. The molecule has 0 bridgehead atoms. The van der Waals surface area contributed by atoms with Crippen LogP contribution in [0.25, 0.3) is 17.2 Å². The number of rotatable bonds is 9. The summed E-state index contributed by atoms with van der Waals surface area (Å²) in [6.45, 7) is 32.6. The molecule has 37 heavy (non-hydrogen) atoms. The molecule has 1 unspecified atom stereocenters. The highest BCUT2D eigenvalue weighted by Crippen LogP contribution is 2.48. The average molecular weight is 505 g/mol. The van der Waals surface area contributed by atoms with Gasteiger partial charge in [0.05, 0.1) is 0 Å². The Morgan fingerprint density at radius 1 is 0.892 bits per heavy atom. The van der Waals surface area contributed by atoms with Crippen LogP contribution in [-0.4, -0.2) is 0 Å². The lowest BCUT2D eigenvalue weighted by Gasteiger charge is -2.27. The molecule has 0 heterocycles. The number of hydrogen-bond donors (Lipinski definition) is 0. The largest absolute Gasteiger partial charge is 0.102 e. The van der Waals surface area contributed by atoms with Crippen molar-refractivity contribution >= 4 is 6.08 Å². The first-order valence-corrected chi connectivity index (χ1v) is 14.8. The molecule has 2 aromatic carbocycles. The zero-order valence-corrected chi connectivity index (χ0v) is 26.3. The molecule has 0 N–H and O–H groups in total.